The molecule has 1 fully saturated rings. The number of aliphatic hydroxyl groups is 1. The van der Waals surface area contributed by atoms with Crippen molar-refractivity contribution in [3.63, 3.8) is 0 Å². The van der Waals surface area contributed by atoms with Crippen molar-refractivity contribution in [3.8, 4) is 0 Å². The zero-order valence-electron chi connectivity index (χ0n) is 9.21. The highest BCUT2D eigenvalue weighted by molar-refractivity contribution is 5.94. The topological polar surface area (TPSA) is 108 Å². The number of ether oxygens (including phenoxy) is 1. The molecular formula is C9H12N4O4. The number of amides is 1. The van der Waals surface area contributed by atoms with Crippen LogP contribution in [0.5, 0.6) is 0 Å². The van der Waals surface area contributed by atoms with Gasteiger partial charge in [0.05, 0.1) is 7.11 Å². The van der Waals surface area contributed by atoms with Crippen LogP contribution in [0.3, 0.4) is 0 Å². The van der Waals surface area contributed by atoms with E-state index in [4.69, 9.17) is 5.11 Å². The molecule has 1 unspecified atom stereocenters. The Bertz CT molecular complexity index is 444. The van der Waals surface area contributed by atoms with E-state index in [2.05, 4.69) is 19.9 Å². The lowest BCUT2D eigenvalue weighted by molar-refractivity contribution is -0.117. The van der Waals surface area contributed by atoms with Gasteiger partial charge in [0.1, 0.15) is 0 Å². The Morgan fingerprint density at radius 2 is 2.47 bits per heavy atom. The fraction of sp³-hybridized carbons (Fsp3) is 0.556. The predicted molar refractivity (Wildman–Crippen MR) is 55.3 cm³/mol. The summed E-state index contributed by atoms with van der Waals surface area (Å²) < 4.78 is 4.47. The Hall–Kier alpha value is -1.96. The van der Waals surface area contributed by atoms with Gasteiger partial charge in [-0.2, -0.15) is 4.98 Å². The highest BCUT2D eigenvalue weighted by Crippen LogP contribution is 2.21. The van der Waals surface area contributed by atoms with Gasteiger partial charge in [0, 0.05) is 25.5 Å². The number of nitrogens with zero attached hydrogens (tertiary/aromatic N) is 3. The fourth-order valence-electron chi connectivity index (χ4n) is 1.66. The van der Waals surface area contributed by atoms with E-state index >= 15 is 0 Å². The molecular weight excluding hydrogens is 228 g/mol. The summed E-state index contributed by atoms with van der Waals surface area (Å²) in [4.78, 5) is 27.9. The number of carbonyl (C=O) groups is 2. The molecule has 2 N–H and O–H groups in total. The standard InChI is InChI=1S/C9H12N4O4/c1-17-8(16)7-10-9(12-11-7)13-3-5(4-14)2-6(13)15/h5,14H,2-4H2,1H3,(H,10,11,12). The van der Waals surface area contributed by atoms with Crippen LogP contribution in [0.1, 0.15) is 17.0 Å². The van der Waals surface area contributed by atoms with Crippen molar-refractivity contribution in [1.82, 2.24) is 15.2 Å². The smallest absolute Gasteiger partial charge is 0.375 e. The van der Waals surface area contributed by atoms with E-state index in [1.807, 2.05) is 0 Å². The molecule has 0 aliphatic carbocycles. The number of nitrogens with one attached hydrogen (secondary N) is 1. The summed E-state index contributed by atoms with van der Waals surface area (Å²) in [5, 5.41) is 15.1. The number of esters is 1. The quantitative estimate of drug-likeness (QED) is 0.652. The van der Waals surface area contributed by atoms with Crippen molar-refractivity contribution in [3.05, 3.63) is 5.82 Å². The summed E-state index contributed by atoms with van der Waals surface area (Å²) >= 11 is 0. The maximum absolute atomic E-state index is 11.6. The van der Waals surface area contributed by atoms with E-state index in [-0.39, 0.29) is 36.6 Å². The van der Waals surface area contributed by atoms with E-state index in [9.17, 15) is 9.59 Å². The van der Waals surface area contributed by atoms with Crippen molar-refractivity contribution in [1.29, 1.82) is 0 Å². The van der Waals surface area contributed by atoms with Gasteiger partial charge in [-0.25, -0.2) is 4.79 Å². The van der Waals surface area contributed by atoms with E-state index in [0.717, 1.165) is 0 Å². The van der Waals surface area contributed by atoms with E-state index in [1.54, 1.807) is 0 Å². The van der Waals surface area contributed by atoms with Crippen molar-refractivity contribution in [2.45, 2.75) is 6.42 Å². The zero-order chi connectivity index (χ0) is 12.4. The van der Waals surface area contributed by atoms with Crippen LogP contribution in [0, 0.1) is 5.92 Å². The molecule has 8 heteroatoms. The van der Waals surface area contributed by atoms with Gasteiger partial charge in [0.2, 0.25) is 11.7 Å². The fourth-order valence-corrected chi connectivity index (χ4v) is 1.66. The van der Waals surface area contributed by atoms with Crippen molar-refractivity contribution >= 4 is 17.8 Å². The van der Waals surface area contributed by atoms with Crippen LogP contribution in [0.4, 0.5) is 5.95 Å². The highest BCUT2D eigenvalue weighted by Gasteiger charge is 2.32. The van der Waals surface area contributed by atoms with Crippen molar-refractivity contribution in [2.24, 2.45) is 5.92 Å². The van der Waals surface area contributed by atoms with Crippen molar-refractivity contribution < 1.29 is 19.4 Å². The first-order chi connectivity index (χ1) is 8.15. The third kappa shape index (κ3) is 2.11. The SMILES string of the molecule is COC(=O)c1nc(N2CC(CO)CC2=O)n[nH]1. The first-order valence-electron chi connectivity index (χ1n) is 5.07. The number of H-pyrrole nitrogens is 1. The molecule has 0 radical (unpaired) electrons. The molecule has 1 atom stereocenters. The lowest BCUT2D eigenvalue weighted by Gasteiger charge is -2.10. The predicted octanol–water partition coefficient (Wildman–Crippen LogP) is -1.06. The van der Waals surface area contributed by atoms with Gasteiger partial charge < -0.3 is 9.84 Å². The second kappa shape index (κ2) is 4.50. The number of methoxy groups -OCH3 is 1. The Labute approximate surface area is 96.6 Å². The normalized spacial score (nSPS) is 19.8. The first-order valence-corrected chi connectivity index (χ1v) is 5.07. The van der Waals surface area contributed by atoms with Crippen molar-refractivity contribution in [2.75, 3.05) is 25.2 Å². The van der Waals surface area contributed by atoms with Gasteiger partial charge in [-0.05, 0) is 0 Å². The molecule has 1 saturated heterocycles. The number of carbonyl (C=O) groups excluding carboxylic acids is 2. The van der Waals surface area contributed by atoms with E-state index < -0.39 is 5.97 Å². The second-order valence-electron chi connectivity index (χ2n) is 3.73. The van der Waals surface area contributed by atoms with E-state index in [1.165, 1.54) is 12.0 Å². The summed E-state index contributed by atoms with van der Waals surface area (Å²) in [5.74, 6) is -0.842. The van der Waals surface area contributed by atoms with Crippen LogP contribution < -0.4 is 4.90 Å². The Balaban J connectivity index is 2.15. The second-order valence-corrected chi connectivity index (χ2v) is 3.73. The number of hydrogen-bond donors (Lipinski definition) is 2. The van der Waals surface area contributed by atoms with Gasteiger partial charge in [0.25, 0.3) is 5.95 Å². The minimum atomic E-state index is -0.644. The molecule has 0 saturated carbocycles. The van der Waals surface area contributed by atoms with Crippen LogP contribution in [0.25, 0.3) is 0 Å². The van der Waals surface area contributed by atoms with E-state index in [0.29, 0.717) is 6.54 Å². The molecule has 92 valence electrons. The van der Waals surface area contributed by atoms with Gasteiger partial charge in [-0.15, -0.1) is 5.10 Å². The van der Waals surface area contributed by atoms with Crippen LogP contribution >= 0.6 is 0 Å². The average molecular weight is 240 g/mol. The van der Waals surface area contributed by atoms with Crippen LogP contribution in [0.2, 0.25) is 0 Å². The molecule has 17 heavy (non-hydrogen) atoms. The Morgan fingerprint density at radius 1 is 1.71 bits per heavy atom. The minimum absolute atomic E-state index is 0.0530. The van der Waals surface area contributed by atoms with Gasteiger partial charge in [0.15, 0.2) is 0 Å². The number of aromatic nitrogens is 3. The highest BCUT2D eigenvalue weighted by atomic mass is 16.5. The third-order valence-corrected chi connectivity index (χ3v) is 2.56. The molecule has 1 aliphatic heterocycles. The molecule has 2 heterocycles. The van der Waals surface area contributed by atoms with Gasteiger partial charge in [-0.1, -0.05) is 0 Å². The number of aliphatic hydroxyl groups excluding tert-OH is 1. The number of aromatic amines is 1. The average Bonchev–Trinajstić information content (AvgIpc) is 2.94. The molecule has 0 spiro atoms. The summed E-state index contributed by atoms with van der Waals surface area (Å²) in [6.45, 7) is 0.296. The lowest BCUT2D eigenvalue weighted by Crippen LogP contribution is -2.26. The summed E-state index contributed by atoms with van der Waals surface area (Å²) in [7, 11) is 1.23. The first kappa shape index (κ1) is 11.5. The minimum Gasteiger partial charge on any atom is -0.463 e. The maximum atomic E-state index is 11.6. The summed E-state index contributed by atoms with van der Waals surface area (Å²) in [6, 6.07) is 0. The molecule has 1 aromatic rings. The number of rotatable bonds is 3. The zero-order valence-corrected chi connectivity index (χ0v) is 9.21. The third-order valence-electron chi connectivity index (χ3n) is 2.56. The Kier molecular flexibility index (Phi) is 3.05. The molecule has 1 aromatic heterocycles. The number of anilines is 1. The van der Waals surface area contributed by atoms with Gasteiger partial charge in [-0.3, -0.25) is 14.8 Å². The summed E-state index contributed by atoms with van der Waals surface area (Å²) in [5.41, 5.74) is 0. The molecule has 8 nitrogen and oxygen atoms in total. The molecule has 2 rings (SSSR count). The molecule has 0 bridgehead atoms. The molecule has 0 aromatic carbocycles. The van der Waals surface area contributed by atoms with Crippen LogP contribution in [-0.2, 0) is 9.53 Å². The maximum Gasteiger partial charge on any atom is 0.375 e. The molecule has 1 amide bonds. The largest absolute Gasteiger partial charge is 0.463 e. The van der Waals surface area contributed by atoms with Crippen LogP contribution in [0.15, 0.2) is 0 Å². The van der Waals surface area contributed by atoms with Crippen LogP contribution in [-0.4, -0.2) is 52.4 Å². The number of hydrogen-bond acceptors (Lipinski definition) is 6. The molecule has 1 aliphatic rings. The van der Waals surface area contributed by atoms with Gasteiger partial charge >= 0.3 is 5.97 Å². The summed E-state index contributed by atoms with van der Waals surface area (Å²) in [6.07, 6.45) is 0.262. The monoisotopic (exact) mass is 240 g/mol. The Morgan fingerprint density at radius 3 is 3.06 bits per heavy atom. The lowest BCUT2D eigenvalue weighted by atomic mass is 10.1.